The molecular formula is C13H17N3O2. The summed E-state index contributed by atoms with van der Waals surface area (Å²) in [4.78, 5) is 23.4. The Balaban J connectivity index is 2.62. The number of hydrogen-bond acceptors (Lipinski definition) is 3. The summed E-state index contributed by atoms with van der Waals surface area (Å²) in [6.07, 6.45) is 0. The van der Waals surface area contributed by atoms with Gasteiger partial charge in [-0.2, -0.15) is 0 Å². The van der Waals surface area contributed by atoms with E-state index in [0.717, 1.165) is 22.3 Å². The SMILES string of the molecule is Cc1cc(C)c(C2(CN)NC(=O)NC2=O)cc1C. The summed E-state index contributed by atoms with van der Waals surface area (Å²) < 4.78 is 0. The van der Waals surface area contributed by atoms with Crippen LogP contribution in [0.4, 0.5) is 4.79 Å². The summed E-state index contributed by atoms with van der Waals surface area (Å²) in [6, 6.07) is 3.42. The molecule has 2 rings (SSSR count). The molecule has 4 N–H and O–H groups in total. The molecule has 1 fully saturated rings. The normalized spacial score (nSPS) is 22.9. The van der Waals surface area contributed by atoms with Crippen LogP contribution < -0.4 is 16.4 Å². The minimum Gasteiger partial charge on any atom is -0.327 e. The van der Waals surface area contributed by atoms with E-state index >= 15 is 0 Å². The highest BCUT2D eigenvalue weighted by molar-refractivity contribution is 6.07. The molecule has 0 bridgehead atoms. The molecule has 5 heteroatoms. The number of nitrogens with one attached hydrogen (secondary N) is 2. The second kappa shape index (κ2) is 4.10. The third kappa shape index (κ3) is 1.67. The Hall–Kier alpha value is -1.88. The smallest absolute Gasteiger partial charge is 0.322 e. The molecule has 1 aliphatic heterocycles. The van der Waals surface area contributed by atoms with Crippen LogP contribution in [0.25, 0.3) is 0 Å². The fourth-order valence-corrected chi connectivity index (χ4v) is 2.36. The first-order chi connectivity index (χ1) is 8.40. The van der Waals surface area contributed by atoms with Gasteiger partial charge < -0.3 is 11.1 Å². The molecule has 1 aromatic rings. The average Bonchev–Trinajstić information content (AvgIpc) is 2.59. The van der Waals surface area contributed by atoms with Gasteiger partial charge in [0.1, 0.15) is 0 Å². The van der Waals surface area contributed by atoms with E-state index in [4.69, 9.17) is 5.73 Å². The summed E-state index contributed by atoms with van der Waals surface area (Å²) in [6.45, 7) is 5.93. The first kappa shape index (κ1) is 12.6. The van der Waals surface area contributed by atoms with Crippen molar-refractivity contribution in [1.82, 2.24) is 10.6 Å². The molecule has 1 atom stereocenters. The van der Waals surface area contributed by atoms with Crippen molar-refractivity contribution in [3.8, 4) is 0 Å². The summed E-state index contributed by atoms with van der Waals surface area (Å²) in [5.74, 6) is -0.388. The molecule has 1 heterocycles. The van der Waals surface area contributed by atoms with Gasteiger partial charge in [0.15, 0.2) is 5.54 Å². The molecule has 1 unspecified atom stereocenters. The van der Waals surface area contributed by atoms with Crippen LogP contribution in [0.5, 0.6) is 0 Å². The number of aryl methyl sites for hydroxylation is 3. The maximum atomic E-state index is 12.0. The van der Waals surface area contributed by atoms with E-state index in [1.807, 2.05) is 32.9 Å². The van der Waals surface area contributed by atoms with E-state index in [0.29, 0.717) is 0 Å². The van der Waals surface area contributed by atoms with Crippen LogP contribution in [0, 0.1) is 20.8 Å². The summed E-state index contributed by atoms with van der Waals surface area (Å²) in [5, 5.41) is 4.90. The Bertz CT molecular complexity index is 539. The lowest BCUT2D eigenvalue weighted by Gasteiger charge is -2.27. The van der Waals surface area contributed by atoms with Gasteiger partial charge in [-0.25, -0.2) is 4.79 Å². The molecule has 3 amide bonds. The third-order valence-electron chi connectivity index (χ3n) is 3.55. The third-order valence-corrected chi connectivity index (χ3v) is 3.55. The van der Waals surface area contributed by atoms with Gasteiger partial charge in [0.25, 0.3) is 5.91 Å². The highest BCUT2D eigenvalue weighted by Crippen LogP contribution is 2.29. The molecule has 0 aromatic heterocycles. The van der Waals surface area contributed by atoms with Gasteiger partial charge in [0, 0.05) is 6.54 Å². The molecule has 0 saturated carbocycles. The van der Waals surface area contributed by atoms with Crippen molar-refractivity contribution in [1.29, 1.82) is 0 Å². The van der Waals surface area contributed by atoms with Gasteiger partial charge in [-0.15, -0.1) is 0 Å². The highest BCUT2D eigenvalue weighted by atomic mass is 16.2. The molecule has 5 nitrogen and oxygen atoms in total. The minimum atomic E-state index is -1.14. The van der Waals surface area contributed by atoms with Gasteiger partial charge in [-0.1, -0.05) is 12.1 Å². The van der Waals surface area contributed by atoms with Crippen LogP contribution in [0.2, 0.25) is 0 Å². The molecule has 0 spiro atoms. The largest absolute Gasteiger partial charge is 0.327 e. The number of hydrogen-bond donors (Lipinski definition) is 3. The van der Waals surface area contributed by atoms with E-state index < -0.39 is 11.6 Å². The van der Waals surface area contributed by atoms with Crippen LogP contribution in [0.1, 0.15) is 22.3 Å². The zero-order chi connectivity index (χ0) is 13.5. The van der Waals surface area contributed by atoms with Gasteiger partial charge in [-0.05, 0) is 43.0 Å². The van der Waals surface area contributed by atoms with E-state index in [1.54, 1.807) is 0 Å². The Kier molecular flexibility index (Phi) is 2.86. The molecule has 18 heavy (non-hydrogen) atoms. The number of amides is 3. The molecule has 1 saturated heterocycles. The molecule has 0 radical (unpaired) electrons. The van der Waals surface area contributed by atoms with E-state index in [-0.39, 0.29) is 12.5 Å². The number of nitrogens with two attached hydrogens (primary N) is 1. The Morgan fingerprint density at radius 2 is 1.72 bits per heavy atom. The zero-order valence-corrected chi connectivity index (χ0v) is 10.8. The lowest BCUT2D eigenvalue weighted by atomic mass is 9.85. The van der Waals surface area contributed by atoms with Crippen molar-refractivity contribution >= 4 is 11.9 Å². The summed E-state index contributed by atoms with van der Waals surface area (Å²) in [7, 11) is 0. The Labute approximate surface area is 106 Å². The molecule has 1 aliphatic rings. The first-order valence-corrected chi connectivity index (χ1v) is 5.82. The second-order valence-corrected chi connectivity index (χ2v) is 4.77. The Morgan fingerprint density at radius 3 is 2.22 bits per heavy atom. The molecule has 96 valence electrons. The van der Waals surface area contributed by atoms with Crippen molar-refractivity contribution in [2.75, 3.05) is 6.54 Å². The van der Waals surface area contributed by atoms with Crippen molar-refractivity contribution in [2.45, 2.75) is 26.3 Å². The maximum absolute atomic E-state index is 12.0. The van der Waals surface area contributed by atoms with Crippen molar-refractivity contribution in [2.24, 2.45) is 5.73 Å². The number of benzene rings is 1. The number of carbonyl (C=O) groups excluding carboxylic acids is 2. The number of imide groups is 1. The Morgan fingerprint density at radius 1 is 1.11 bits per heavy atom. The van der Waals surface area contributed by atoms with Crippen LogP contribution in [-0.2, 0) is 10.3 Å². The van der Waals surface area contributed by atoms with Gasteiger partial charge in [0.2, 0.25) is 0 Å². The number of rotatable bonds is 2. The van der Waals surface area contributed by atoms with Crippen LogP contribution in [0.3, 0.4) is 0 Å². The number of carbonyl (C=O) groups is 2. The van der Waals surface area contributed by atoms with Crippen molar-refractivity contribution < 1.29 is 9.59 Å². The van der Waals surface area contributed by atoms with E-state index in [9.17, 15) is 9.59 Å². The average molecular weight is 247 g/mol. The topological polar surface area (TPSA) is 84.2 Å². The first-order valence-electron chi connectivity index (χ1n) is 5.82. The van der Waals surface area contributed by atoms with E-state index in [1.165, 1.54) is 0 Å². The lowest BCUT2D eigenvalue weighted by molar-refractivity contribution is -0.124. The van der Waals surface area contributed by atoms with Crippen molar-refractivity contribution in [3.63, 3.8) is 0 Å². The van der Waals surface area contributed by atoms with Gasteiger partial charge in [-0.3, -0.25) is 10.1 Å². The molecule has 1 aromatic carbocycles. The van der Waals surface area contributed by atoms with Crippen LogP contribution in [-0.4, -0.2) is 18.5 Å². The summed E-state index contributed by atoms with van der Waals surface area (Å²) >= 11 is 0. The fourth-order valence-electron chi connectivity index (χ4n) is 2.36. The minimum absolute atomic E-state index is 0.0356. The summed E-state index contributed by atoms with van der Waals surface area (Å²) in [5.41, 5.74) is 8.51. The van der Waals surface area contributed by atoms with Crippen LogP contribution >= 0.6 is 0 Å². The molecule has 0 aliphatic carbocycles. The highest BCUT2D eigenvalue weighted by Gasteiger charge is 2.47. The zero-order valence-electron chi connectivity index (χ0n) is 10.8. The fraction of sp³-hybridized carbons (Fsp3) is 0.385. The van der Waals surface area contributed by atoms with Crippen molar-refractivity contribution in [3.05, 3.63) is 34.4 Å². The van der Waals surface area contributed by atoms with E-state index in [2.05, 4.69) is 10.6 Å². The predicted molar refractivity (Wildman–Crippen MR) is 68.1 cm³/mol. The predicted octanol–water partition coefficient (Wildman–Crippen LogP) is 0.605. The number of urea groups is 1. The monoisotopic (exact) mass is 247 g/mol. The van der Waals surface area contributed by atoms with Gasteiger partial charge >= 0.3 is 6.03 Å². The maximum Gasteiger partial charge on any atom is 0.322 e. The van der Waals surface area contributed by atoms with Gasteiger partial charge in [0.05, 0.1) is 0 Å². The quantitative estimate of drug-likeness (QED) is 0.669. The van der Waals surface area contributed by atoms with Crippen LogP contribution in [0.15, 0.2) is 12.1 Å². The molecular weight excluding hydrogens is 230 g/mol. The standard InChI is InChI=1S/C13H17N3O2/c1-7-4-9(3)10(5-8(7)2)13(6-14)11(17)15-12(18)16-13/h4-5H,6,14H2,1-3H3,(H2,15,16,17,18). The lowest BCUT2D eigenvalue weighted by Crippen LogP contribution is -2.50. The second-order valence-electron chi connectivity index (χ2n) is 4.77.